The Morgan fingerprint density at radius 1 is 1.21 bits per heavy atom. The van der Waals surface area contributed by atoms with Gasteiger partial charge >= 0.3 is 6.03 Å². The first-order valence-corrected chi connectivity index (χ1v) is 5.31. The second kappa shape index (κ2) is 5.13. The SMILES string of the molecule is O=C1NC(=O)/C(=C/C=C/c2cccc([N+](=O)[O-])c2)N1. The van der Waals surface area contributed by atoms with Crippen molar-refractivity contribution in [2.24, 2.45) is 0 Å². The summed E-state index contributed by atoms with van der Waals surface area (Å²) >= 11 is 0. The predicted molar refractivity (Wildman–Crippen MR) is 66.9 cm³/mol. The van der Waals surface area contributed by atoms with Gasteiger partial charge in [-0.3, -0.25) is 20.2 Å². The summed E-state index contributed by atoms with van der Waals surface area (Å²) in [7, 11) is 0. The molecule has 0 saturated carbocycles. The maximum Gasteiger partial charge on any atom is 0.326 e. The third-order valence-corrected chi connectivity index (χ3v) is 2.35. The maximum atomic E-state index is 11.2. The molecule has 1 heterocycles. The zero-order valence-corrected chi connectivity index (χ0v) is 9.62. The van der Waals surface area contributed by atoms with Crippen molar-refractivity contribution in [3.8, 4) is 0 Å². The molecule has 7 heteroatoms. The Bertz CT molecular complexity index is 619. The first kappa shape index (κ1) is 12.5. The zero-order valence-electron chi connectivity index (χ0n) is 9.62. The summed E-state index contributed by atoms with van der Waals surface area (Å²) in [6.45, 7) is 0. The molecule has 2 N–H and O–H groups in total. The van der Waals surface area contributed by atoms with Crippen LogP contribution >= 0.6 is 0 Å². The van der Waals surface area contributed by atoms with Gasteiger partial charge in [0.25, 0.3) is 11.6 Å². The minimum atomic E-state index is -0.569. The van der Waals surface area contributed by atoms with Crippen molar-refractivity contribution in [2.45, 2.75) is 0 Å². The number of hydrogen-bond donors (Lipinski definition) is 2. The van der Waals surface area contributed by atoms with Crippen LogP contribution in [0.1, 0.15) is 5.56 Å². The van der Waals surface area contributed by atoms with Crippen LogP contribution in [0.2, 0.25) is 0 Å². The van der Waals surface area contributed by atoms with Gasteiger partial charge in [0.1, 0.15) is 5.70 Å². The smallest absolute Gasteiger partial charge is 0.303 e. The number of allylic oxidation sites excluding steroid dienone is 2. The number of benzene rings is 1. The third kappa shape index (κ3) is 3.03. The number of nitro groups is 1. The van der Waals surface area contributed by atoms with Crippen LogP contribution < -0.4 is 10.6 Å². The lowest BCUT2D eigenvalue weighted by Crippen LogP contribution is -2.22. The van der Waals surface area contributed by atoms with Crippen LogP contribution in [0, 0.1) is 10.1 Å². The van der Waals surface area contributed by atoms with Gasteiger partial charge in [0.15, 0.2) is 0 Å². The number of amides is 3. The molecular formula is C12H9N3O4. The van der Waals surface area contributed by atoms with E-state index in [1.54, 1.807) is 18.2 Å². The molecule has 0 aliphatic carbocycles. The number of urea groups is 1. The Labute approximate surface area is 107 Å². The van der Waals surface area contributed by atoms with E-state index in [0.717, 1.165) is 0 Å². The molecule has 1 aromatic carbocycles. The molecule has 2 rings (SSSR count). The molecule has 0 radical (unpaired) electrons. The van der Waals surface area contributed by atoms with E-state index < -0.39 is 16.9 Å². The maximum absolute atomic E-state index is 11.2. The van der Waals surface area contributed by atoms with Crippen molar-refractivity contribution in [1.82, 2.24) is 10.6 Å². The van der Waals surface area contributed by atoms with Gasteiger partial charge < -0.3 is 5.32 Å². The molecule has 1 aliphatic rings. The van der Waals surface area contributed by atoms with Crippen LogP contribution in [-0.2, 0) is 4.79 Å². The first-order chi connectivity index (χ1) is 9.06. The molecule has 1 saturated heterocycles. The molecular weight excluding hydrogens is 250 g/mol. The highest BCUT2D eigenvalue weighted by Gasteiger charge is 2.21. The predicted octanol–water partition coefficient (Wildman–Crippen LogP) is 1.33. The number of nitrogens with one attached hydrogen (secondary N) is 2. The Kier molecular flexibility index (Phi) is 3.37. The molecule has 96 valence electrons. The van der Waals surface area contributed by atoms with Gasteiger partial charge in [-0.1, -0.05) is 24.3 Å². The molecule has 7 nitrogen and oxygen atoms in total. The molecule has 0 unspecified atom stereocenters. The Morgan fingerprint density at radius 2 is 2.00 bits per heavy atom. The molecule has 1 fully saturated rings. The molecule has 0 atom stereocenters. The number of rotatable bonds is 3. The fourth-order valence-electron chi connectivity index (χ4n) is 1.50. The van der Waals surface area contributed by atoms with Crippen LogP contribution in [0.15, 0.2) is 42.1 Å². The van der Waals surface area contributed by atoms with Crippen molar-refractivity contribution >= 4 is 23.7 Å². The summed E-state index contributed by atoms with van der Waals surface area (Å²) in [5, 5.41) is 15.0. The van der Waals surface area contributed by atoms with E-state index in [9.17, 15) is 19.7 Å². The van der Waals surface area contributed by atoms with Gasteiger partial charge in [0, 0.05) is 12.1 Å². The number of nitrogens with zero attached hydrogens (tertiary/aromatic N) is 1. The van der Waals surface area contributed by atoms with Crippen LogP contribution in [0.3, 0.4) is 0 Å². The lowest BCUT2D eigenvalue weighted by Gasteiger charge is -1.93. The molecule has 19 heavy (non-hydrogen) atoms. The highest BCUT2D eigenvalue weighted by molar-refractivity contribution is 6.11. The van der Waals surface area contributed by atoms with Crippen LogP contribution in [-0.4, -0.2) is 16.9 Å². The number of nitro benzene ring substituents is 1. The summed E-state index contributed by atoms with van der Waals surface area (Å²) in [6, 6.07) is 5.48. The zero-order chi connectivity index (χ0) is 13.8. The average Bonchev–Trinajstić information content (AvgIpc) is 2.68. The van der Waals surface area contributed by atoms with Crippen molar-refractivity contribution in [2.75, 3.05) is 0 Å². The van der Waals surface area contributed by atoms with E-state index in [-0.39, 0.29) is 11.4 Å². The normalized spacial score (nSPS) is 16.7. The minimum absolute atomic E-state index is 0.0123. The Morgan fingerprint density at radius 3 is 2.63 bits per heavy atom. The molecule has 0 aromatic heterocycles. The monoisotopic (exact) mass is 259 g/mol. The van der Waals surface area contributed by atoms with Gasteiger partial charge in [0.05, 0.1) is 4.92 Å². The van der Waals surface area contributed by atoms with Gasteiger partial charge in [-0.25, -0.2) is 4.79 Å². The lowest BCUT2D eigenvalue weighted by molar-refractivity contribution is -0.384. The topological polar surface area (TPSA) is 101 Å². The Hall–Kier alpha value is -2.96. The lowest BCUT2D eigenvalue weighted by atomic mass is 10.2. The standard InChI is InChI=1S/C12H9N3O4/c16-11-10(13-12(17)14-11)6-2-4-8-3-1-5-9(7-8)15(18)19/h1-7H,(H2,13,14,16,17)/b4-2+,10-6-. The van der Waals surface area contributed by atoms with E-state index in [4.69, 9.17) is 0 Å². The molecule has 0 spiro atoms. The summed E-state index contributed by atoms with van der Waals surface area (Å²) in [5.74, 6) is -0.506. The number of hydrogen-bond acceptors (Lipinski definition) is 4. The second-order valence-electron chi connectivity index (χ2n) is 3.70. The van der Waals surface area contributed by atoms with Crippen molar-refractivity contribution in [3.63, 3.8) is 0 Å². The highest BCUT2D eigenvalue weighted by atomic mass is 16.6. The fourth-order valence-corrected chi connectivity index (χ4v) is 1.50. The van der Waals surface area contributed by atoms with Crippen LogP contribution in [0.5, 0.6) is 0 Å². The summed E-state index contributed by atoms with van der Waals surface area (Å²) < 4.78 is 0. The van der Waals surface area contributed by atoms with E-state index >= 15 is 0 Å². The summed E-state index contributed by atoms with van der Waals surface area (Å²) in [4.78, 5) is 32.1. The number of carbonyl (C=O) groups excluding carboxylic acids is 2. The number of imide groups is 1. The van der Waals surface area contributed by atoms with Crippen molar-refractivity contribution in [1.29, 1.82) is 0 Å². The molecule has 0 bridgehead atoms. The van der Waals surface area contributed by atoms with Gasteiger partial charge in [0.2, 0.25) is 0 Å². The average molecular weight is 259 g/mol. The van der Waals surface area contributed by atoms with E-state index in [0.29, 0.717) is 5.56 Å². The van der Waals surface area contributed by atoms with Gasteiger partial charge in [-0.05, 0) is 11.6 Å². The van der Waals surface area contributed by atoms with Crippen molar-refractivity contribution in [3.05, 3.63) is 57.8 Å². The molecule has 3 amide bonds. The van der Waals surface area contributed by atoms with Crippen LogP contribution in [0.25, 0.3) is 6.08 Å². The summed E-state index contributed by atoms with van der Waals surface area (Å²) in [6.07, 6.45) is 4.54. The van der Waals surface area contributed by atoms with Gasteiger partial charge in [-0.2, -0.15) is 0 Å². The van der Waals surface area contributed by atoms with E-state index in [1.165, 1.54) is 24.3 Å². The Balaban J connectivity index is 2.13. The number of carbonyl (C=O) groups is 2. The third-order valence-electron chi connectivity index (χ3n) is 2.35. The largest absolute Gasteiger partial charge is 0.326 e. The van der Waals surface area contributed by atoms with Crippen molar-refractivity contribution < 1.29 is 14.5 Å². The van der Waals surface area contributed by atoms with Gasteiger partial charge in [-0.15, -0.1) is 0 Å². The highest BCUT2D eigenvalue weighted by Crippen LogP contribution is 2.14. The quantitative estimate of drug-likeness (QED) is 0.370. The molecule has 1 aromatic rings. The fraction of sp³-hybridized carbons (Fsp3) is 0. The first-order valence-electron chi connectivity index (χ1n) is 5.31. The summed E-state index contributed by atoms with van der Waals surface area (Å²) in [5.41, 5.74) is 0.740. The number of non-ortho nitro benzene ring substituents is 1. The van der Waals surface area contributed by atoms with Crippen LogP contribution in [0.4, 0.5) is 10.5 Å². The minimum Gasteiger partial charge on any atom is -0.303 e. The molecule has 1 aliphatic heterocycles. The van der Waals surface area contributed by atoms with E-state index in [2.05, 4.69) is 10.6 Å². The van der Waals surface area contributed by atoms with E-state index in [1.807, 2.05) is 0 Å². The second-order valence-corrected chi connectivity index (χ2v) is 3.70.